The molecule has 0 saturated heterocycles. The molecule has 11 heteroatoms. The number of thiazole rings is 1. The van der Waals surface area contributed by atoms with Crippen molar-refractivity contribution in [2.45, 2.75) is 44.1 Å². The van der Waals surface area contributed by atoms with Gasteiger partial charge in [0, 0.05) is 12.0 Å². The van der Waals surface area contributed by atoms with Crippen molar-refractivity contribution in [1.29, 1.82) is 0 Å². The van der Waals surface area contributed by atoms with Gasteiger partial charge in [0.15, 0.2) is 5.75 Å². The number of methoxy groups -OCH3 is 2. The van der Waals surface area contributed by atoms with Crippen molar-refractivity contribution in [3.63, 3.8) is 0 Å². The Kier molecular flexibility index (Phi) is 7.10. The Labute approximate surface area is 224 Å². The molecule has 2 heterocycles. The van der Waals surface area contributed by atoms with E-state index < -0.39 is 29.8 Å². The Morgan fingerprint density at radius 3 is 2.53 bits per heavy atom. The lowest BCUT2D eigenvalue weighted by Crippen LogP contribution is -2.40. The zero-order chi connectivity index (χ0) is 27.0. The first-order valence-electron chi connectivity index (χ1n) is 12.3. The average molecular weight is 539 g/mol. The molecule has 4 atom stereocenters. The van der Waals surface area contributed by atoms with Gasteiger partial charge in [-0.05, 0) is 44.5 Å². The van der Waals surface area contributed by atoms with E-state index in [1.807, 2.05) is 36.4 Å². The molecule has 2 aromatic heterocycles. The summed E-state index contributed by atoms with van der Waals surface area (Å²) < 4.78 is 11.8. The monoisotopic (exact) mass is 538 g/mol. The van der Waals surface area contributed by atoms with Gasteiger partial charge >= 0.3 is 5.95 Å². The van der Waals surface area contributed by atoms with E-state index in [0.29, 0.717) is 40.9 Å². The summed E-state index contributed by atoms with van der Waals surface area (Å²) in [6, 6.07) is 12.7. The Balaban J connectivity index is 1.52. The first-order valence-corrected chi connectivity index (χ1v) is 13.1. The predicted molar refractivity (Wildman–Crippen MR) is 146 cm³/mol. The van der Waals surface area contributed by atoms with Gasteiger partial charge in [0.05, 0.1) is 48.4 Å². The summed E-state index contributed by atoms with van der Waals surface area (Å²) in [6.45, 7) is 3.28. The van der Waals surface area contributed by atoms with E-state index >= 15 is 0 Å². The number of aromatic nitrogens is 3. The summed E-state index contributed by atoms with van der Waals surface area (Å²) in [5.41, 5.74) is 1.12. The van der Waals surface area contributed by atoms with Crippen LogP contribution in [-0.4, -0.2) is 63.4 Å². The number of hydrogen-bond acceptors (Lipinski definition) is 10. The van der Waals surface area contributed by atoms with Crippen molar-refractivity contribution in [3.8, 4) is 22.1 Å². The van der Waals surface area contributed by atoms with E-state index in [9.17, 15) is 15.3 Å². The number of H-pyrrole nitrogens is 1. The molecule has 0 spiro atoms. The number of fused-ring (bicyclic) bond motifs is 1. The molecule has 0 unspecified atom stereocenters. The van der Waals surface area contributed by atoms with E-state index in [-0.39, 0.29) is 0 Å². The largest absolute Gasteiger partial charge is 0.497 e. The Morgan fingerprint density at radius 1 is 1.05 bits per heavy atom. The molecule has 2 aromatic carbocycles. The van der Waals surface area contributed by atoms with Crippen LogP contribution in [0.2, 0.25) is 0 Å². The molecule has 4 aromatic rings. The maximum atomic E-state index is 10.8. The lowest BCUT2D eigenvalue weighted by molar-refractivity contribution is -0.363. The Hall–Kier alpha value is -3.51. The fourth-order valence-corrected chi connectivity index (χ4v) is 5.80. The van der Waals surface area contributed by atoms with Crippen LogP contribution in [0.4, 0.5) is 17.5 Å². The lowest BCUT2D eigenvalue weighted by Gasteiger charge is -2.28. The summed E-state index contributed by atoms with van der Waals surface area (Å²) in [4.78, 5) is 12.8. The normalized spacial score (nSPS) is 21.4. The zero-order valence-corrected chi connectivity index (χ0v) is 22.4. The van der Waals surface area contributed by atoms with Crippen molar-refractivity contribution in [1.82, 2.24) is 9.97 Å². The molecular weight excluding hydrogens is 506 g/mol. The minimum atomic E-state index is -1.15. The van der Waals surface area contributed by atoms with Crippen molar-refractivity contribution in [2.24, 2.45) is 5.92 Å². The molecule has 0 bridgehead atoms. The van der Waals surface area contributed by atoms with Crippen molar-refractivity contribution < 1.29 is 29.8 Å². The van der Waals surface area contributed by atoms with Gasteiger partial charge in [0.1, 0.15) is 28.1 Å². The van der Waals surface area contributed by atoms with Crippen molar-refractivity contribution in [3.05, 3.63) is 48.7 Å². The second-order valence-corrected chi connectivity index (χ2v) is 10.9. The second kappa shape index (κ2) is 10.3. The molecule has 0 radical (unpaired) electrons. The number of nitrogens with zero attached hydrogens (tertiary/aromatic N) is 2. The van der Waals surface area contributed by atoms with Crippen molar-refractivity contribution >= 4 is 39.0 Å². The molecule has 10 nitrogen and oxygen atoms in total. The number of benzene rings is 2. The first-order chi connectivity index (χ1) is 18.2. The summed E-state index contributed by atoms with van der Waals surface area (Å²) >= 11 is 1.53. The van der Waals surface area contributed by atoms with E-state index in [1.54, 1.807) is 40.3 Å². The summed E-state index contributed by atoms with van der Waals surface area (Å²) in [5.74, 6) is 1.63. The predicted octanol–water partition coefficient (Wildman–Crippen LogP) is 3.23. The highest BCUT2D eigenvalue weighted by molar-refractivity contribution is 7.21. The van der Waals surface area contributed by atoms with Crippen LogP contribution in [0.15, 0.2) is 48.7 Å². The van der Waals surface area contributed by atoms with Crippen LogP contribution in [0, 0.1) is 5.92 Å². The highest BCUT2D eigenvalue weighted by Crippen LogP contribution is 2.39. The fourth-order valence-electron chi connectivity index (χ4n) is 4.82. The molecule has 38 heavy (non-hydrogen) atoms. The highest BCUT2D eigenvalue weighted by Gasteiger charge is 2.48. The topological polar surface area (TPSA) is 143 Å². The van der Waals surface area contributed by atoms with Crippen LogP contribution >= 0.6 is 11.3 Å². The van der Waals surface area contributed by atoms with Gasteiger partial charge in [-0.1, -0.05) is 17.1 Å². The molecule has 1 saturated carbocycles. The number of hydrogen-bond donors (Lipinski definition) is 5. The number of nitrogens with one attached hydrogen (secondary N) is 3. The molecule has 1 aliphatic carbocycles. The summed E-state index contributed by atoms with van der Waals surface area (Å²) in [7, 11) is 3.17. The fraction of sp³-hybridized carbons (Fsp3) is 0.370. The zero-order valence-electron chi connectivity index (χ0n) is 21.6. The van der Waals surface area contributed by atoms with Crippen molar-refractivity contribution in [2.75, 3.05) is 24.9 Å². The van der Waals surface area contributed by atoms with Gasteiger partial charge < -0.3 is 30.1 Å². The number of para-hydroxylation sites is 1. The number of rotatable bonds is 8. The molecule has 5 rings (SSSR count). The minimum absolute atomic E-state index is 0.362. The van der Waals surface area contributed by atoms with Crippen LogP contribution in [0.5, 0.6) is 11.5 Å². The maximum absolute atomic E-state index is 10.8. The SMILES string of the molecule is COc1ccc(Nc2nc(N[C@@H]3C[C@H](C(C)(C)O)[C@@H](O)[C@H]3O)c(-c3nc4ccccc4s3)c[nH+]2)c(OC)c1. The van der Waals surface area contributed by atoms with E-state index in [1.165, 1.54) is 11.3 Å². The van der Waals surface area contributed by atoms with Gasteiger partial charge in [-0.15, -0.1) is 11.3 Å². The molecule has 1 aliphatic rings. The van der Waals surface area contributed by atoms with Crippen LogP contribution in [-0.2, 0) is 0 Å². The molecule has 1 fully saturated rings. The Bertz CT molecular complexity index is 1410. The average Bonchev–Trinajstić information content (AvgIpc) is 3.45. The maximum Gasteiger partial charge on any atom is 0.396 e. The third kappa shape index (κ3) is 5.10. The smallest absolute Gasteiger partial charge is 0.396 e. The first kappa shape index (κ1) is 26.1. The standard InChI is InChI=1S/C27H31N5O5S/c1-27(2,35)16-12-19(23(34)22(16)33)29-24-15(25-30-18-7-5-6-8-21(18)38-25)13-28-26(32-24)31-17-10-9-14(36-3)11-20(17)37-4/h5-11,13,16,19,22-23,33-35H,12H2,1-4H3,(H2,28,29,31,32)/p+1/t16-,19+,22+,23-/m0/s1. The van der Waals surface area contributed by atoms with Gasteiger partial charge in [0.25, 0.3) is 0 Å². The quantitative estimate of drug-likeness (QED) is 0.228. The van der Waals surface area contributed by atoms with E-state index in [2.05, 4.69) is 15.6 Å². The summed E-state index contributed by atoms with van der Waals surface area (Å²) in [5, 5.41) is 39.3. The molecule has 6 N–H and O–H groups in total. The third-order valence-corrected chi connectivity index (χ3v) is 8.00. The van der Waals surface area contributed by atoms with Gasteiger partial charge in [-0.25, -0.2) is 15.3 Å². The number of aromatic amines is 1. The van der Waals surface area contributed by atoms with Crippen LogP contribution in [0.25, 0.3) is 20.8 Å². The number of aliphatic hydroxyl groups is 3. The van der Waals surface area contributed by atoms with Crippen LogP contribution in [0.3, 0.4) is 0 Å². The molecule has 200 valence electrons. The minimum Gasteiger partial charge on any atom is -0.497 e. The highest BCUT2D eigenvalue weighted by atomic mass is 32.1. The van der Waals surface area contributed by atoms with E-state index in [4.69, 9.17) is 19.4 Å². The third-order valence-electron chi connectivity index (χ3n) is 6.93. The number of ether oxygens (including phenoxy) is 2. The second-order valence-electron chi connectivity index (χ2n) is 9.92. The van der Waals surface area contributed by atoms with Crippen LogP contribution in [0.1, 0.15) is 20.3 Å². The number of aliphatic hydroxyl groups excluding tert-OH is 2. The molecular formula is C27H32N5O5S+. The number of anilines is 3. The Morgan fingerprint density at radius 2 is 1.84 bits per heavy atom. The van der Waals surface area contributed by atoms with Gasteiger partial charge in [0.2, 0.25) is 5.82 Å². The molecule has 0 aliphatic heterocycles. The van der Waals surface area contributed by atoms with Gasteiger partial charge in [-0.2, -0.15) is 0 Å². The molecule has 0 amide bonds. The van der Waals surface area contributed by atoms with Crippen LogP contribution < -0.4 is 25.1 Å². The van der Waals surface area contributed by atoms with Gasteiger partial charge in [-0.3, -0.25) is 0 Å². The summed E-state index contributed by atoms with van der Waals surface area (Å²) in [6.07, 6.45) is 0.00502. The van der Waals surface area contributed by atoms with E-state index in [0.717, 1.165) is 15.2 Å². The lowest BCUT2D eigenvalue weighted by atomic mass is 9.88.